The van der Waals surface area contributed by atoms with E-state index in [0.29, 0.717) is 19.5 Å². The second-order valence-electron chi connectivity index (χ2n) is 9.17. The van der Waals surface area contributed by atoms with E-state index in [1.54, 1.807) is 24.3 Å². The third kappa shape index (κ3) is 4.89. The molecule has 1 saturated heterocycles. The van der Waals surface area contributed by atoms with Gasteiger partial charge in [-0.1, -0.05) is 0 Å². The first-order valence-corrected chi connectivity index (χ1v) is 13.2. The van der Waals surface area contributed by atoms with Crippen LogP contribution in [0.1, 0.15) is 52.1 Å². The van der Waals surface area contributed by atoms with Crippen molar-refractivity contribution in [2.75, 3.05) is 18.6 Å². The average molecular weight is 485 g/mol. The largest absolute Gasteiger partial charge is 0.467 e. The molecule has 0 saturated carbocycles. The van der Waals surface area contributed by atoms with Crippen LogP contribution < -0.4 is 0 Å². The van der Waals surface area contributed by atoms with Gasteiger partial charge in [0.1, 0.15) is 5.76 Å². The molecule has 3 aromatic rings. The molecule has 0 aliphatic carbocycles. The highest BCUT2D eigenvalue weighted by Gasteiger charge is 2.31. The lowest BCUT2D eigenvalue weighted by Crippen LogP contribution is -2.25. The zero-order valence-electron chi connectivity index (χ0n) is 20.4. The van der Waals surface area contributed by atoms with Crippen LogP contribution in [0.5, 0.6) is 0 Å². The van der Waals surface area contributed by atoms with Gasteiger partial charge >= 0.3 is 0 Å². The zero-order chi connectivity index (χ0) is 24.6. The van der Waals surface area contributed by atoms with Gasteiger partial charge in [0, 0.05) is 42.3 Å². The molecule has 3 aromatic heterocycles. The summed E-state index contributed by atoms with van der Waals surface area (Å²) in [7, 11) is -1.23. The van der Waals surface area contributed by atoms with Gasteiger partial charge in [-0.3, -0.25) is 9.48 Å². The minimum absolute atomic E-state index is 0.106. The molecule has 9 heteroatoms. The van der Waals surface area contributed by atoms with Crippen molar-refractivity contribution in [3.05, 3.63) is 70.2 Å². The molecule has 0 N–H and O–H groups in total. The van der Waals surface area contributed by atoms with Crippen LogP contribution in [0.15, 0.2) is 35.0 Å². The van der Waals surface area contributed by atoms with Crippen molar-refractivity contribution in [2.24, 2.45) is 0 Å². The van der Waals surface area contributed by atoms with Crippen LogP contribution in [0.3, 0.4) is 0 Å². The van der Waals surface area contributed by atoms with Crippen LogP contribution in [0.4, 0.5) is 0 Å². The first-order valence-electron chi connectivity index (χ1n) is 11.4. The van der Waals surface area contributed by atoms with Crippen molar-refractivity contribution in [3.63, 3.8) is 0 Å². The van der Waals surface area contributed by atoms with Crippen molar-refractivity contribution < 1.29 is 17.6 Å². The number of aromatic nitrogens is 3. The summed E-state index contributed by atoms with van der Waals surface area (Å²) in [5.74, 6) is 1.11. The van der Waals surface area contributed by atoms with E-state index in [0.717, 1.165) is 39.7 Å². The monoisotopic (exact) mass is 484 g/mol. The quantitative estimate of drug-likeness (QED) is 0.478. The van der Waals surface area contributed by atoms with Gasteiger partial charge in [0.05, 0.1) is 36.0 Å². The molecule has 34 heavy (non-hydrogen) atoms. The lowest BCUT2D eigenvalue weighted by Gasteiger charge is -2.16. The minimum atomic E-state index is -3.00. The van der Waals surface area contributed by atoms with E-state index in [1.165, 1.54) is 0 Å². The van der Waals surface area contributed by atoms with Gasteiger partial charge in [-0.2, -0.15) is 5.10 Å². The van der Waals surface area contributed by atoms with Crippen LogP contribution in [0.25, 0.3) is 6.08 Å². The Balaban J connectivity index is 1.45. The Bertz CT molecular complexity index is 1330. The topological polar surface area (TPSA) is 90.3 Å². The van der Waals surface area contributed by atoms with E-state index in [4.69, 9.17) is 4.42 Å². The molecule has 1 amide bonds. The van der Waals surface area contributed by atoms with Crippen molar-refractivity contribution in [1.29, 1.82) is 0 Å². The summed E-state index contributed by atoms with van der Waals surface area (Å²) in [6.07, 6.45) is 5.70. The lowest BCUT2D eigenvalue weighted by molar-refractivity contribution is -0.125. The zero-order valence-corrected chi connectivity index (χ0v) is 21.2. The summed E-state index contributed by atoms with van der Waals surface area (Å²) >= 11 is 0. The number of nitrogens with zero attached hydrogens (tertiary/aromatic N) is 4. The van der Waals surface area contributed by atoms with Gasteiger partial charge in [-0.25, -0.2) is 8.42 Å². The first-order chi connectivity index (χ1) is 16.1. The standard InChI is InChI=1S/C25H32N4O4S/c1-17-13-21(19(3)28(17)14-23-7-6-11-33-23)8-9-25(30)27(5)15-24-18(2)26-29(20(24)4)22-10-12-34(31,32)16-22/h6-9,11,13,22H,10,12,14-16H2,1-5H3. The van der Waals surface area contributed by atoms with Gasteiger partial charge in [0.15, 0.2) is 9.84 Å². The third-order valence-electron chi connectivity index (χ3n) is 6.71. The summed E-state index contributed by atoms with van der Waals surface area (Å²) in [4.78, 5) is 14.5. The van der Waals surface area contributed by atoms with E-state index in [2.05, 4.69) is 15.7 Å². The molecule has 1 unspecified atom stereocenters. The molecule has 182 valence electrons. The molecular formula is C25H32N4O4S. The second-order valence-corrected chi connectivity index (χ2v) is 11.4. The Labute approximate surface area is 200 Å². The number of aryl methyl sites for hydroxylation is 2. The number of hydrogen-bond donors (Lipinski definition) is 0. The predicted octanol–water partition coefficient (Wildman–Crippen LogP) is 3.59. The van der Waals surface area contributed by atoms with E-state index in [9.17, 15) is 13.2 Å². The number of sulfone groups is 1. The highest BCUT2D eigenvalue weighted by atomic mass is 32.2. The first kappa shape index (κ1) is 24.1. The Morgan fingerprint density at radius 2 is 2.03 bits per heavy atom. The van der Waals surface area contributed by atoms with E-state index in [1.807, 2.05) is 50.6 Å². The molecule has 8 nitrogen and oxygen atoms in total. The fourth-order valence-electron chi connectivity index (χ4n) is 4.65. The van der Waals surface area contributed by atoms with Crippen molar-refractivity contribution >= 4 is 21.8 Å². The maximum atomic E-state index is 12.9. The number of likely N-dealkylation sites (N-methyl/N-ethyl adjacent to an activating group) is 1. The average Bonchev–Trinajstić information content (AvgIpc) is 3.54. The van der Waals surface area contributed by atoms with Gasteiger partial charge in [-0.05, 0) is 64.0 Å². The van der Waals surface area contributed by atoms with Gasteiger partial charge in [0.25, 0.3) is 0 Å². The van der Waals surface area contributed by atoms with E-state index < -0.39 is 9.84 Å². The normalized spacial score (nSPS) is 17.6. The maximum absolute atomic E-state index is 12.9. The molecular weight excluding hydrogens is 452 g/mol. The van der Waals surface area contributed by atoms with Crippen molar-refractivity contribution in [1.82, 2.24) is 19.2 Å². The summed E-state index contributed by atoms with van der Waals surface area (Å²) in [6.45, 7) is 9.00. The Kier molecular flexibility index (Phi) is 6.58. The molecule has 1 aliphatic heterocycles. The fourth-order valence-corrected chi connectivity index (χ4v) is 6.34. The Morgan fingerprint density at radius 3 is 2.68 bits per heavy atom. The van der Waals surface area contributed by atoms with E-state index >= 15 is 0 Å². The van der Waals surface area contributed by atoms with Gasteiger partial charge < -0.3 is 13.9 Å². The second kappa shape index (κ2) is 9.29. The molecule has 0 radical (unpaired) electrons. The number of furan rings is 1. The molecule has 1 fully saturated rings. The highest BCUT2D eigenvalue weighted by molar-refractivity contribution is 7.91. The molecule has 0 aromatic carbocycles. The summed E-state index contributed by atoms with van der Waals surface area (Å²) in [6, 6.07) is 5.76. The van der Waals surface area contributed by atoms with Gasteiger partial charge in [-0.15, -0.1) is 0 Å². The Hall–Kier alpha value is -3.07. The van der Waals surface area contributed by atoms with E-state index in [-0.39, 0.29) is 23.5 Å². The molecule has 4 heterocycles. The third-order valence-corrected chi connectivity index (χ3v) is 8.46. The minimum Gasteiger partial charge on any atom is -0.467 e. The number of amides is 1. The SMILES string of the molecule is Cc1nn(C2CCS(=O)(=O)C2)c(C)c1CN(C)C(=O)C=Cc1cc(C)n(Cc2ccco2)c1C. The van der Waals surface area contributed by atoms with Crippen molar-refractivity contribution in [3.8, 4) is 0 Å². The molecule has 4 rings (SSSR count). The molecule has 1 atom stereocenters. The number of rotatable bonds is 7. The van der Waals surface area contributed by atoms with Crippen molar-refractivity contribution in [2.45, 2.75) is 53.2 Å². The molecule has 1 aliphatic rings. The van der Waals surface area contributed by atoms with Gasteiger partial charge in [0.2, 0.25) is 5.91 Å². The fraction of sp³-hybridized carbons (Fsp3) is 0.440. The number of carbonyl (C=O) groups is 1. The predicted molar refractivity (Wildman–Crippen MR) is 131 cm³/mol. The lowest BCUT2D eigenvalue weighted by atomic mass is 10.1. The summed E-state index contributed by atoms with van der Waals surface area (Å²) < 4.78 is 33.2. The van der Waals surface area contributed by atoms with Crippen LogP contribution >= 0.6 is 0 Å². The summed E-state index contributed by atoms with van der Waals surface area (Å²) in [5.41, 5.74) is 5.87. The highest BCUT2D eigenvalue weighted by Crippen LogP contribution is 2.27. The Morgan fingerprint density at radius 1 is 1.26 bits per heavy atom. The maximum Gasteiger partial charge on any atom is 0.246 e. The smallest absolute Gasteiger partial charge is 0.246 e. The molecule has 0 spiro atoms. The molecule has 0 bridgehead atoms. The van der Waals surface area contributed by atoms with Crippen LogP contribution in [0.2, 0.25) is 0 Å². The van der Waals surface area contributed by atoms with Crippen LogP contribution in [-0.2, 0) is 27.7 Å². The van der Waals surface area contributed by atoms with Crippen LogP contribution in [0, 0.1) is 27.7 Å². The number of hydrogen-bond acceptors (Lipinski definition) is 5. The number of carbonyl (C=O) groups excluding carboxylic acids is 1. The summed E-state index contributed by atoms with van der Waals surface area (Å²) in [5, 5.41) is 4.60. The van der Waals surface area contributed by atoms with Crippen LogP contribution in [-0.4, -0.2) is 52.1 Å².